The minimum Gasteiger partial charge on any atom is -0.303 e. The molecule has 0 bridgehead atoms. The zero-order valence-electron chi connectivity index (χ0n) is 9.84. The lowest BCUT2D eigenvalue weighted by Crippen LogP contribution is -2.22. The van der Waals surface area contributed by atoms with Gasteiger partial charge in [0.15, 0.2) is 0 Å². The summed E-state index contributed by atoms with van der Waals surface area (Å²) in [7, 11) is 0. The maximum Gasteiger partial charge on any atom is 0.0579 e. The zero-order chi connectivity index (χ0) is 11.9. The Kier molecular flexibility index (Phi) is 4.11. The van der Waals surface area contributed by atoms with Crippen LogP contribution >= 0.6 is 0 Å². The molecule has 17 heavy (non-hydrogen) atoms. The predicted molar refractivity (Wildman–Crippen MR) is 72.9 cm³/mol. The van der Waals surface area contributed by atoms with Crippen LogP contribution in [0.15, 0.2) is 73.3 Å². The summed E-state index contributed by atoms with van der Waals surface area (Å²) in [5.74, 6) is 0. The molecule has 0 radical (unpaired) electrons. The van der Waals surface area contributed by atoms with E-state index < -0.39 is 0 Å². The number of hydrogen-bond donors (Lipinski definition) is 1. The molecule has 2 aromatic rings. The monoisotopic (exact) mass is 222 g/mol. The molecule has 0 amide bonds. The Balaban J connectivity index is 2.29. The van der Waals surface area contributed by atoms with Crippen molar-refractivity contribution in [1.82, 2.24) is 5.32 Å². The first-order valence-corrected chi connectivity index (χ1v) is 5.86. The molecule has 0 atom stereocenters. The van der Waals surface area contributed by atoms with Gasteiger partial charge >= 0.3 is 0 Å². The van der Waals surface area contributed by atoms with E-state index in [2.05, 4.69) is 60.4 Å². The average Bonchev–Trinajstić information content (AvgIpc) is 2.42. The van der Waals surface area contributed by atoms with Gasteiger partial charge in [0.05, 0.1) is 6.04 Å². The fraction of sp³-hybridized carbons (Fsp3) is 0.125. The highest BCUT2D eigenvalue weighted by Crippen LogP contribution is 2.21. The van der Waals surface area contributed by atoms with Gasteiger partial charge in [0.1, 0.15) is 0 Å². The molecule has 2 aromatic carbocycles. The van der Waals surface area contributed by atoms with Crippen LogP contribution < -0.4 is 5.32 Å². The SMILES string of the molecule is C=CCN[11CH](c1ccccc1)c1ccccc1. The van der Waals surface area contributed by atoms with E-state index >= 15 is 0 Å². The van der Waals surface area contributed by atoms with Gasteiger partial charge in [0.25, 0.3) is 0 Å². The summed E-state index contributed by atoms with van der Waals surface area (Å²) < 4.78 is 0. The van der Waals surface area contributed by atoms with Gasteiger partial charge in [-0.15, -0.1) is 6.58 Å². The maximum absolute atomic E-state index is 3.76. The highest BCUT2D eigenvalue weighted by molar-refractivity contribution is 5.31. The third-order valence-corrected chi connectivity index (χ3v) is 2.73. The molecule has 0 aliphatic heterocycles. The summed E-state index contributed by atoms with van der Waals surface area (Å²) >= 11 is 0. The minimum absolute atomic E-state index is 0.232. The number of hydrogen-bond acceptors (Lipinski definition) is 1. The van der Waals surface area contributed by atoms with Crippen LogP contribution in [0.4, 0.5) is 0 Å². The topological polar surface area (TPSA) is 12.0 Å². The van der Waals surface area contributed by atoms with Crippen molar-refractivity contribution in [3.05, 3.63) is 84.4 Å². The molecule has 1 N–H and O–H groups in total. The summed E-state index contributed by atoms with van der Waals surface area (Å²) in [6.45, 7) is 4.56. The predicted octanol–water partition coefficient (Wildman–Crippen LogP) is 3.55. The summed E-state index contributed by atoms with van der Waals surface area (Å²) in [5.41, 5.74) is 2.56. The van der Waals surface area contributed by atoms with Crippen molar-refractivity contribution in [1.29, 1.82) is 0 Å². The van der Waals surface area contributed by atoms with Gasteiger partial charge in [-0.25, -0.2) is 0 Å². The Hall–Kier alpha value is -1.86. The molecule has 0 spiro atoms. The van der Waals surface area contributed by atoms with Crippen LogP contribution in [-0.4, -0.2) is 6.54 Å². The molecule has 1 heteroatoms. The fourth-order valence-electron chi connectivity index (χ4n) is 1.92. The van der Waals surface area contributed by atoms with E-state index in [0.717, 1.165) is 6.54 Å². The lowest BCUT2D eigenvalue weighted by atomic mass is 9.61. The van der Waals surface area contributed by atoms with Crippen LogP contribution in [-0.2, 0) is 0 Å². The largest absolute Gasteiger partial charge is 0.303 e. The second kappa shape index (κ2) is 6.02. The Labute approximate surface area is 103 Å². The van der Waals surface area contributed by atoms with Crippen molar-refractivity contribution in [3.63, 3.8) is 0 Å². The van der Waals surface area contributed by atoms with E-state index in [1.165, 1.54) is 11.1 Å². The molecular weight excluding hydrogens is 205 g/mol. The lowest BCUT2D eigenvalue weighted by Gasteiger charge is -2.18. The van der Waals surface area contributed by atoms with Crippen molar-refractivity contribution >= 4 is 0 Å². The Morgan fingerprint density at radius 1 is 0.882 bits per heavy atom. The fourth-order valence-corrected chi connectivity index (χ4v) is 1.92. The van der Waals surface area contributed by atoms with Gasteiger partial charge in [-0.3, -0.25) is 0 Å². The first kappa shape index (κ1) is 11.6. The van der Waals surface area contributed by atoms with Crippen molar-refractivity contribution < 1.29 is 0 Å². The van der Waals surface area contributed by atoms with Crippen molar-refractivity contribution in [2.45, 2.75) is 6.04 Å². The number of rotatable bonds is 5. The van der Waals surface area contributed by atoms with Gasteiger partial charge in [-0.05, 0) is 11.1 Å². The molecule has 0 aliphatic carbocycles. The molecule has 0 aromatic heterocycles. The average molecular weight is 222 g/mol. The van der Waals surface area contributed by atoms with Gasteiger partial charge in [0, 0.05) is 6.54 Å². The van der Waals surface area contributed by atoms with Gasteiger partial charge in [-0.1, -0.05) is 66.7 Å². The van der Waals surface area contributed by atoms with E-state index in [4.69, 9.17) is 0 Å². The van der Waals surface area contributed by atoms with Crippen molar-refractivity contribution in [2.75, 3.05) is 6.54 Å². The molecule has 0 fully saturated rings. The summed E-state index contributed by atoms with van der Waals surface area (Å²) in [5, 5.41) is 3.48. The second-order valence-electron chi connectivity index (χ2n) is 3.95. The van der Waals surface area contributed by atoms with Gasteiger partial charge in [-0.2, -0.15) is 0 Å². The number of benzene rings is 2. The van der Waals surface area contributed by atoms with E-state index in [1.54, 1.807) is 0 Å². The van der Waals surface area contributed by atoms with Crippen molar-refractivity contribution in [2.24, 2.45) is 0 Å². The number of nitrogens with one attached hydrogen (secondary N) is 1. The molecule has 0 aliphatic rings. The Bertz CT molecular complexity index is 408. The summed E-state index contributed by atoms with van der Waals surface area (Å²) in [6.07, 6.45) is 1.89. The molecule has 2 rings (SSSR count). The normalized spacial score (nSPS) is 10.4. The molecule has 0 saturated heterocycles. The highest BCUT2D eigenvalue weighted by Gasteiger charge is 2.11. The molecule has 0 saturated carbocycles. The van der Waals surface area contributed by atoms with E-state index in [0.29, 0.717) is 0 Å². The summed E-state index contributed by atoms with van der Waals surface area (Å²) in [6, 6.07) is 21.2. The standard InChI is InChI=1S/C16H17N/c1-2-13-17-16(14-9-5-3-6-10-14)15-11-7-4-8-12-15/h2-12,16-17H,1,13H2/i16-1. The molecule has 0 unspecified atom stereocenters. The third kappa shape index (κ3) is 3.05. The van der Waals surface area contributed by atoms with E-state index in [-0.39, 0.29) is 6.04 Å². The van der Waals surface area contributed by atoms with Crippen LogP contribution in [0.25, 0.3) is 0 Å². The van der Waals surface area contributed by atoms with Gasteiger partial charge < -0.3 is 5.32 Å². The minimum atomic E-state index is 0.232. The quantitative estimate of drug-likeness (QED) is 0.763. The van der Waals surface area contributed by atoms with Crippen LogP contribution in [0.1, 0.15) is 17.2 Å². The zero-order valence-corrected chi connectivity index (χ0v) is 9.84. The first-order valence-electron chi connectivity index (χ1n) is 5.86. The van der Waals surface area contributed by atoms with Crippen molar-refractivity contribution in [3.8, 4) is 0 Å². The summed E-state index contributed by atoms with van der Waals surface area (Å²) in [4.78, 5) is 0. The molecule has 0 heterocycles. The Morgan fingerprint density at radius 2 is 1.35 bits per heavy atom. The molecular formula is C16H17N. The van der Waals surface area contributed by atoms with E-state index in [9.17, 15) is 0 Å². The van der Waals surface area contributed by atoms with Crippen LogP contribution in [0.2, 0.25) is 0 Å². The molecule has 86 valence electrons. The van der Waals surface area contributed by atoms with Gasteiger partial charge in [0.2, 0.25) is 0 Å². The van der Waals surface area contributed by atoms with Crippen LogP contribution in [0.5, 0.6) is 0 Å². The first-order chi connectivity index (χ1) is 8.42. The maximum atomic E-state index is 3.76. The van der Waals surface area contributed by atoms with Crippen LogP contribution in [0.3, 0.4) is 0 Å². The Morgan fingerprint density at radius 3 is 1.76 bits per heavy atom. The highest BCUT2D eigenvalue weighted by atomic mass is 14.8. The second-order valence-corrected chi connectivity index (χ2v) is 3.95. The third-order valence-electron chi connectivity index (χ3n) is 2.73. The van der Waals surface area contributed by atoms with Crippen LogP contribution in [0, 0.1) is 0 Å². The lowest BCUT2D eigenvalue weighted by molar-refractivity contribution is 0.653. The molecule has 1 nitrogen and oxygen atoms in total. The smallest absolute Gasteiger partial charge is 0.0579 e. The van der Waals surface area contributed by atoms with E-state index in [1.807, 2.05) is 18.2 Å².